The second kappa shape index (κ2) is 5.19. The summed E-state index contributed by atoms with van der Waals surface area (Å²) in [6.45, 7) is 5.27. The first kappa shape index (κ1) is 11.9. The number of piperidine rings is 1. The predicted octanol–water partition coefficient (Wildman–Crippen LogP) is 3.14. The van der Waals surface area contributed by atoms with Crippen LogP contribution in [0.4, 0.5) is 5.69 Å². The van der Waals surface area contributed by atoms with Gasteiger partial charge >= 0.3 is 0 Å². The van der Waals surface area contributed by atoms with Crippen LogP contribution in [0.2, 0.25) is 0 Å². The first-order chi connectivity index (χ1) is 7.70. The Morgan fingerprint density at radius 3 is 2.94 bits per heavy atom. The van der Waals surface area contributed by atoms with Crippen LogP contribution >= 0.6 is 15.9 Å². The second-order valence-electron chi connectivity index (χ2n) is 4.68. The average Bonchev–Trinajstić information content (AvgIpc) is 2.28. The highest BCUT2D eigenvalue weighted by Crippen LogP contribution is 2.30. The van der Waals surface area contributed by atoms with Crippen LogP contribution in [0.15, 0.2) is 22.7 Å². The van der Waals surface area contributed by atoms with Crippen molar-refractivity contribution in [1.82, 2.24) is 0 Å². The summed E-state index contributed by atoms with van der Waals surface area (Å²) in [6, 6.07) is 6.44. The van der Waals surface area contributed by atoms with E-state index in [0.29, 0.717) is 6.54 Å². The van der Waals surface area contributed by atoms with Crippen molar-refractivity contribution in [2.24, 2.45) is 11.7 Å². The first-order valence-electron chi connectivity index (χ1n) is 5.94. The molecule has 1 atom stereocenters. The zero-order valence-electron chi connectivity index (χ0n) is 9.75. The highest BCUT2D eigenvalue weighted by atomic mass is 79.9. The lowest BCUT2D eigenvalue weighted by molar-refractivity contribution is 0.446. The Labute approximate surface area is 106 Å². The number of nitrogens with two attached hydrogens (primary N) is 1. The van der Waals surface area contributed by atoms with Gasteiger partial charge in [0.15, 0.2) is 0 Å². The second-order valence-corrected chi connectivity index (χ2v) is 5.54. The minimum atomic E-state index is 0.606. The van der Waals surface area contributed by atoms with Crippen LogP contribution in [0.5, 0.6) is 0 Å². The summed E-state index contributed by atoms with van der Waals surface area (Å²) in [5, 5.41) is 0. The Morgan fingerprint density at radius 2 is 2.31 bits per heavy atom. The highest BCUT2D eigenvalue weighted by molar-refractivity contribution is 9.10. The zero-order chi connectivity index (χ0) is 11.5. The molecule has 88 valence electrons. The fourth-order valence-corrected chi connectivity index (χ4v) is 3.02. The van der Waals surface area contributed by atoms with Gasteiger partial charge in [0.25, 0.3) is 0 Å². The van der Waals surface area contributed by atoms with E-state index >= 15 is 0 Å². The van der Waals surface area contributed by atoms with Crippen molar-refractivity contribution < 1.29 is 0 Å². The van der Waals surface area contributed by atoms with Crippen LogP contribution in [0.3, 0.4) is 0 Å². The summed E-state index contributed by atoms with van der Waals surface area (Å²) < 4.78 is 1.17. The molecule has 1 aliphatic rings. The SMILES string of the molecule is CC1CCCN(c2ccc(CN)cc2Br)C1. The van der Waals surface area contributed by atoms with Gasteiger partial charge in [0.2, 0.25) is 0 Å². The monoisotopic (exact) mass is 282 g/mol. The topological polar surface area (TPSA) is 29.3 Å². The van der Waals surface area contributed by atoms with E-state index in [1.54, 1.807) is 0 Å². The number of hydrogen-bond donors (Lipinski definition) is 1. The number of nitrogens with zero attached hydrogens (tertiary/aromatic N) is 1. The Balaban J connectivity index is 2.19. The Morgan fingerprint density at radius 1 is 1.50 bits per heavy atom. The van der Waals surface area contributed by atoms with E-state index in [1.807, 2.05) is 0 Å². The maximum Gasteiger partial charge on any atom is 0.0510 e. The minimum absolute atomic E-state index is 0.606. The van der Waals surface area contributed by atoms with Crippen molar-refractivity contribution in [2.75, 3.05) is 18.0 Å². The number of halogens is 1. The van der Waals surface area contributed by atoms with Crippen molar-refractivity contribution >= 4 is 21.6 Å². The molecule has 0 bridgehead atoms. The first-order valence-corrected chi connectivity index (χ1v) is 6.73. The minimum Gasteiger partial charge on any atom is -0.370 e. The Bertz CT molecular complexity index is 365. The van der Waals surface area contributed by atoms with Crippen molar-refractivity contribution in [2.45, 2.75) is 26.3 Å². The van der Waals surface area contributed by atoms with Crippen molar-refractivity contribution in [3.8, 4) is 0 Å². The Kier molecular flexibility index (Phi) is 3.87. The molecular formula is C13H19BrN2. The van der Waals surface area contributed by atoms with E-state index in [0.717, 1.165) is 5.92 Å². The normalized spacial score (nSPS) is 21.2. The van der Waals surface area contributed by atoms with Crippen molar-refractivity contribution in [3.63, 3.8) is 0 Å². The van der Waals surface area contributed by atoms with Gasteiger partial charge < -0.3 is 10.6 Å². The van der Waals surface area contributed by atoms with E-state index in [9.17, 15) is 0 Å². The van der Waals surface area contributed by atoms with Crippen LogP contribution in [-0.2, 0) is 6.54 Å². The van der Waals surface area contributed by atoms with Gasteiger partial charge in [-0.2, -0.15) is 0 Å². The largest absolute Gasteiger partial charge is 0.370 e. The van der Waals surface area contributed by atoms with E-state index in [-0.39, 0.29) is 0 Å². The lowest BCUT2D eigenvalue weighted by Gasteiger charge is -2.33. The van der Waals surface area contributed by atoms with Gasteiger partial charge in [-0.3, -0.25) is 0 Å². The summed E-state index contributed by atoms with van der Waals surface area (Å²) in [6.07, 6.45) is 2.65. The molecule has 1 aromatic rings. The van der Waals surface area contributed by atoms with Gasteiger partial charge in [-0.15, -0.1) is 0 Å². The standard InChI is InChI=1S/C13H19BrN2/c1-10-3-2-6-16(9-10)13-5-4-11(8-15)7-12(13)14/h4-5,7,10H,2-3,6,8-9,15H2,1H3. The predicted molar refractivity (Wildman–Crippen MR) is 72.6 cm³/mol. The number of benzene rings is 1. The van der Waals surface area contributed by atoms with E-state index < -0.39 is 0 Å². The molecule has 1 aromatic carbocycles. The molecule has 2 nitrogen and oxygen atoms in total. The molecule has 1 aliphatic heterocycles. The summed E-state index contributed by atoms with van der Waals surface area (Å²) in [5.41, 5.74) is 8.13. The van der Waals surface area contributed by atoms with E-state index in [1.165, 1.54) is 41.7 Å². The van der Waals surface area contributed by atoms with E-state index in [4.69, 9.17) is 5.73 Å². The highest BCUT2D eigenvalue weighted by Gasteiger charge is 2.18. The molecule has 2 N–H and O–H groups in total. The molecular weight excluding hydrogens is 264 g/mol. The molecule has 1 saturated heterocycles. The van der Waals surface area contributed by atoms with Crippen LogP contribution in [0, 0.1) is 5.92 Å². The van der Waals surface area contributed by atoms with Gasteiger partial charge in [0.05, 0.1) is 5.69 Å². The molecule has 1 unspecified atom stereocenters. The van der Waals surface area contributed by atoms with Gasteiger partial charge in [-0.05, 0) is 52.4 Å². The fraction of sp³-hybridized carbons (Fsp3) is 0.538. The molecule has 1 heterocycles. The van der Waals surface area contributed by atoms with Crippen LogP contribution in [0.1, 0.15) is 25.3 Å². The summed E-state index contributed by atoms with van der Waals surface area (Å²) in [4.78, 5) is 2.47. The van der Waals surface area contributed by atoms with Crippen LogP contribution in [-0.4, -0.2) is 13.1 Å². The number of rotatable bonds is 2. The molecule has 0 aromatic heterocycles. The summed E-state index contributed by atoms with van der Waals surface area (Å²) in [7, 11) is 0. The molecule has 0 spiro atoms. The zero-order valence-corrected chi connectivity index (χ0v) is 11.3. The molecule has 0 aliphatic carbocycles. The molecule has 0 saturated carbocycles. The lowest BCUT2D eigenvalue weighted by atomic mass is 9.99. The van der Waals surface area contributed by atoms with Crippen molar-refractivity contribution in [1.29, 1.82) is 0 Å². The van der Waals surface area contributed by atoms with Crippen molar-refractivity contribution in [3.05, 3.63) is 28.2 Å². The number of anilines is 1. The maximum atomic E-state index is 5.63. The van der Waals surface area contributed by atoms with Gasteiger partial charge in [0.1, 0.15) is 0 Å². The molecule has 0 amide bonds. The molecule has 3 heteroatoms. The lowest BCUT2D eigenvalue weighted by Crippen LogP contribution is -2.34. The summed E-state index contributed by atoms with van der Waals surface area (Å²) >= 11 is 3.65. The third-order valence-electron chi connectivity index (χ3n) is 3.25. The Hall–Kier alpha value is -0.540. The smallest absolute Gasteiger partial charge is 0.0510 e. The van der Waals surface area contributed by atoms with Crippen LogP contribution in [0.25, 0.3) is 0 Å². The molecule has 1 fully saturated rings. The average molecular weight is 283 g/mol. The van der Waals surface area contributed by atoms with Gasteiger partial charge in [-0.25, -0.2) is 0 Å². The summed E-state index contributed by atoms with van der Waals surface area (Å²) in [5.74, 6) is 0.801. The van der Waals surface area contributed by atoms with E-state index in [2.05, 4.69) is 46.0 Å². The maximum absolute atomic E-state index is 5.63. The fourth-order valence-electron chi connectivity index (χ4n) is 2.34. The van der Waals surface area contributed by atoms with Crippen LogP contribution < -0.4 is 10.6 Å². The third-order valence-corrected chi connectivity index (χ3v) is 3.88. The molecule has 0 radical (unpaired) electrons. The van der Waals surface area contributed by atoms with Gasteiger partial charge in [0, 0.05) is 24.1 Å². The third kappa shape index (κ3) is 2.58. The van der Waals surface area contributed by atoms with Gasteiger partial charge in [-0.1, -0.05) is 13.0 Å². The quantitative estimate of drug-likeness (QED) is 0.903. The molecule has 16 heavy (non-hydrogen) atoms. The number of hydrogen-bond acceptors (Lipinski definition) is 2. The molecule has 2 rings (SSSR count).